The zero-order valence-electron chi connectivity index (χ0n) is 18.4. The Morgan fingerprint density at radius 1 is 1.22 bits per heavy atom. The molecule has 2 atom stereocenters. The van der Waals surface area contributed by atoms with Crippen LogP contribution in [0.4, 0.5) is 5.69 Å². The number of ether oxygens (including phenoxy) is 1. The summed E-state index contributed by atoms with van der Waals surface area (Å²) < 4.78 is 33.5. The third-order valence-corrected chi connectivity index (χ3v) is 9.18. The number of rotatable bonds is 6. The molecule has 32 heavy (non-hydrogen) atoms. The van der Waals surface area contributed by atoms with Crippen LogP contribution < -0.4 is 10.2 Å². The smallest absolute Gasteiger partial charge is 0.243 e. The van der Waals surface area contributed by atoms with E-state index in [4.69, 9.17) is 4.74 Å². The van der Waals surface area contributed by atoms with Gasteiger partial charge in [-0.25, -0.2) is 8.42 Å². The predicted molar refractivity (Wildman–Crippen MR) is 123 cm³/mol. The lowest BCUT2D eigenvalue weighted by atomic mass is 10.2. The normalized spacial score (nSPS) is 24.8. The first kappa shape index (κ1) is 23.5. The van der Waals surface area contributed by atoms with E-state index in [1.165, 1.54) is 21.0 Å². The summed E-state index contributed by atoms with van der Waals surface area (Å²) in [5.74, 6) is -0.452. The van der Waals surface area contributed by atoms with Crippen molar-refractivity contribution in [1.82, 2.24) is 9.62 Å². The molecule has 1 N–H and O–H groups in total. The minimum atomic E-state index is -3.64. The first-order valence-electron chi connectivity index (χ1n) is 11.3. The van der Waals surface area contributed by atoms with E-state index in [-0.39, 0.29) is 41.0 Å². The fourth-order valence-corrected chi connectivity index (χ4v) is 7.01. The molecule has 0 spiro atoms. The maximum Gasteiger partial charge on any atom is 0.243 e. The molecule has 3 heterocycles. The molecule has 0 aromatic heterocycles. The van der Waals surface area contributed by atoms with Gasteiger partial charge in [0, 0.05) is 42.8 Å². The molecular weight excluding hydrogens is 450 g/mol. The van der Waals surface area contributed by atoms with Crippen LogP contribution in [-0.4, -0.2) is 68.7 Å². The van der Waals surface area contributed by atoms with E-state index in [2.05, 4.69) is 5.32 Å². The number of fused-ring (bicyclic) bond motifs is 1. The van der Waals surface area contributed by atoms with Crippen molar-refractivity contribution >= 4 is 39.3 Å². The van der Waals surface area contributed by atoms with Crippen molar-refractivity contribution in [2.24, 2.45) is 0 Å². The van der Waals surface area contributed by atoms with E-state index < -0.39 is 10.0 Å². The Morgan fingerprint density at radius 3 is 2.72 bits per heavy atom. The van der Waals surface area contributed by atoms with Gasteiger partial charge in [0.15, 0.2) is 0 Å². The van der Waals surface area contributed by atoms with E-state index >= 15 is 0 Å². The van der Waals surface area contributed by atoms with Crippen molar-refractivity contribution in [2.75, 3.05) is 37.7 Å². The van der Waals surface area contributed by atoms with Crippen molar-refractivity contribution in [2.45, 2.75) is 66.6 Å². The molecule has 3 aliphatic rings. The molecule has 10 heteroatoms. The molecule has 4 rings (SSSR count). The number of benzene rings is 1. The lowest BCUT2D eigenvalue weighted by Gasteiger charge is -2.27. The van der Waals surface area contributed by atoms with Gasteiger partial charge in [-0.3, -0.25) is 9.59 Å². The molecule has 1 aromatic carbocycles. The first-order chi connectivity index (χ1) is 15.3. The predicted octanol–water partition coefficient (Wildman–Crippen LogP) is 2.37. The van der Waals surface area contributed by atoms with Crippen LogP contribution in [0.3, 0.4) is 0 Å². The van der Waals surface area contributed by atoms with Crippen LogP contribution in [0.1, 0.15) is 45.4 Å². The van der Waals surface area contributed by atoms with E-state index in [0.29, 0.717) is 31.9 Å². The summed E-state index contributed by atoms with van der Waals surface area (Å²) in [5.41, 5.74) is 0.495. The highest BCUT2D eigenvalue weighted by Crippen LogP contribution is 2.39. The molecule has 2 amide bonds. The van der Waals surface area contributed by atoms with Gasteiger partial charge in [0.05, 0.1) is 16.7 Å². The molecule has 0 unspecified atom stereocenters. The van der Waals surface area contributed by atoms with E-state index in [1.54, 1.807) is 18.2 Å². The summed E-state index contributed by atoms with van der Waals surface area (Å²) >= 11 is 1.53. The maximum atomic E-state index is 13.2. The summed E-state index contributed by atoms with van der Waals surface area (Å²) in [7, 11) is -3.64. The Balaban J connectivity index is 1.58. The standard InChI is InChI=1S/C22H31N3O5S2/c1-16-12-22(27)25(15-21(26)23-14-17-6-5-11-30-17)19-13-18(7-8-20(19)31-16)32(28,29)24-9-3-2-4-10-24/h7-8,13,16-17H,2-6,9-12,14-15H2,1H3,(H,23,26)/t16-,17+/m0/s1. The fraction of sp³-hybridized carbons (Fsp3) is 0.636. The largest absolute Gasteiger partial charge is 0.376 e. The van der Waals surface area contributed by atoms with Crippen LogP contribution in [0.25, 0.3) is 0 Å². The zero-order valence-corrected chi connectivity index (χ0v) is 20.1. The molecule has 3 aliphatic heterocycles. The van der Waals surface area contributed by atoms with E-state index in [9.17, 15) is 18.0 Å². The molecule has 0 aliphatic carbocycles. The van der Waals surface area contributed by atoms with E-state index in [0.717, 1.165) is 37.0 Å². The number of sulfonamides is 1. The second-order valence-electron chi connectivity index (χ2n) is 8.65. The molecule has 1 aromatic rings. The molecule has 0 radical (unpaired) electrons. The van der Waals surface area contributed by atoms with Gasteiger partial charge in [-0.05, 0) is 43.9 Å². The minimum Gasteiger partial charge on any atom is -0.376 e. The number of piperidine rings is 1. The average Bonchev–Trinajstić information content (AvgIpc) is 3.27. The van der Waals surface area contributed by atoms with Crippen LogP contribution in [0.15, 0.2) is 28.0 Å². The van der Waals surface area contributed by atoms with Gasteiger partial charge < -0.3 is 15.0 Å². The Bertz CT molecular complexity index is 956. The lowest BCUT2D eigenvalue weighted by Crippen LogP contribution is -2.43. The third-order valence-electron chi connectivity index (χ3n) is 6.12. The van der Waals surface area contributed by atoms with E-state index in [1.807, 2.05) is 6.92 Å². The third kappa shape index (κ3) is 5.30. The Morgan fingerprint density at radius 2 is 2.00 bits per heavy atom. The van der Waals surface area contributed by atoms with Crippen LogP contribution in [0, 0.1) is 0 Å². The number of hydrogen-bond donors (Lipinski definition) is 1. The number of carbonyl (C=O) groups excluding carboxylic acids is 2. The highest BCUT2D eigenvalue weighted by atomic mass is 32.2. The van der Waals surface area contributed by atoms with Gasteiger partial charge in [-0.1, -0.05) is 13.3 Å². The molecule has 0 bridgehead atoms. The van der Waals surface area contributed by atoms with Crippen molar-refractivity contribution < 1.29 is 22.7 Å². The first-order valence-corrected chi connectivity index (χ1v) is 13.7. The minimum absolute atomic E-state index is 0.0166. The van der Waals surface area contributed by atoms with Crippen LogP contribution in [0.2, 0.25) is 0 Å². The molecule has 2 fully saturated rings. The number of carbonyl (C=O) groups is 2. The maximum absolute atomic E-state index is 13.2. The molecule has 2 saturated heterocycles. The van der Waals surface area contributed by atoms with Crippen molar-refractivity contribution in [1.29, 1.82) is 0 Å². The van der Waals surface area contributed by atoms with Crippen LogP contribution >= 0.6 is 11.8 Å². The summed E-state index contributed by atoms with van der Waals surface area (Å²) in [4.78, 5) is 28.1. The number of amides is 2. The van der Waals surface area contributed by atoms with Gasteiger partial charge in [0.2, 0.25) is 21.8 Å². The highest BCUT2D eigenvalue weighted by molar-refractivity contribution is 8.00. The van der Waals surface area contributed by atoms with Gasteiger partial charge in [-0.2, -0.15) is 4.31 Å². The summed E-state index contributed by atoms with van der Waals surface area (Å²) in [6, 6.07) is 4.95. The number of nitrogens with zero attached hydrogens (tertiary/aromatic N) is 2. The highest BCUT2D eigenvalue weighted by Gasteiger charge is 2.32. The Labute approximate surface area is 194 Å². The Kier molecular flexibility index (Phi) is 7.44. The summed E-state index contributed by atoms with van der Waals surface area (Å²) in [5, 5.41) is 2.89. The number of anilines is 1. The van der Waals surface area contributed by atoms with Crippen molar-refractivity contribution in [3.8, 4) is 0 Å². The summed E-state index contributed by atoms with van der Waals surface area (Å²) in [6.45, 7) is 3.98. The van der Waals surface area contributed by atoms with Gasteiger partial charge in [0.25, 0.3) is 0 Å². The number of thioether (sulfide) groups is 1. The molecule has 176 valence electrons. The van der Waals surface area contributed by atoms with Gasteiger partial charge in [0.1, 0.15) is 6.54 Å². The summed E-state index contributed by atoms with van der Waals surface area (Å²) in [6.07, 6.45) is 4.95. The Hall–Kier alpha value is -1.62. The van der Waals surface area contributed by atoms with Gasteiger partial charge in [-0.15, -0.1) is 11.8 Å². The van der Waals surface area contributed by atoms with Crippen molar-refractivity contribution in [3.05, 3.63) is 18.2 Å². The quantitative estimate of drug-likeness (QED) is 0.670. The van der Waals surface area contributed by atoms with Crippen LogP contribution in [-0.2, 0) is 24.3 Å². The molecular formula is C22H31N3O5S2. The second kappa shape index (κ2) is 10.1. The monoisotopic (exact) mass is 481 g/mol. The second-order valence-corrected chi connectivity index (χ2v) is 12.1. The zero-order chi connectivity index (χ0) is 22.7. The van der Waals surface area contributed by atoms with Crippen molar-refractivity contribution in [3.63, 3.8) is 0 Å². The van der Waals surface area contributed by atoms with Crippen LogP contribution in [0.5, 0.6) is 0 Å². The van der Waals surface area contributed by atoms with Gasteiger partial charge >= 0.3 is 0 Å². The lowest BCUT2D eigenvalue weighted by molar-refractivity contribution is -0.124. The molecule has 8 nitrogen and oxygen atoms in total. The molecule has 0 saturated carbocycles. The number of nitrogens with one attached hydrogen (secondary N) is 1. The number of hydrogen-bond acceptors (Lipinski definition) is 6. The topological polar surface area (TPSA) is 96.0 Å². The fourth-order valence-electron chi connectivity index (χ4n) is 4.38. The SMILES string of the molecule is C[C@H]1CC(=O)N(CC(=O)NC[C@H]2CCCO2)c2cc(S(=O)(=O)N3CCCCC3)ccc2S1. The average molecular weight is 482 g/mol.